The van der Waals surface area contributed by atoms with Crippen LogP contribution in [0.5, 0.6) is 0 Å². The molecule has 0 aliphatic rings. The number of hydrogen-bond acceptors (Lipinski definition) is 3. The number of rotatable bonds is 1. The third-order valence-corrected chi connectivity index (χ3v) is 2.88. The van der Waals surface area contributed by atoms with Crippen LogP contribution < -0.4 is 5.56 Å². The van der Waals surface area contributed by atoms with E-state index in [2.05, 4.69) is 15.0 Å². The van der Waals surface area contributed by atoms with Crippen LogP contribution in [0.2, 0.25) is 0 Å². The zero-order valence-electron chi connectivity index (χ0n) is 10.4. The number of halogens is 1. The van der Waals surface area contributed by atoms with Gasteiger partial charge in [-0.3, -0.25) is 9.36 Å². The Morgan fingerprint density at radius 1 is 1.26 bits per heavy atom. The number of imidazole rings is 1. The van der Waals surface area contributed by atoms with Gasteiger partial charge >= 0.3 is 0 Å². The van der Waals surface area contributed by atoms with Crippen molar-refractivity contribution < 1.29 is 4.39 Å². The molecule has 0 unspecified atom stereocenters. The lowest BCUT2D eigenvalue weighted by Gasteiger charge is -2.05. The highest BCUT2D eigenvalue weighted by molar-refractivity contribution is 5.73. The average Bonchev–Trinajstić information content (AvgIpc) is 2.65. The lowest BCUT2D eigenvalue weighted by molar-refractivity contribution is 0.626. The monoisotopic (exact) mass is 258 g/mol. The number of benzene rings is 1. The van der Waals surface area contributed by atoms with E-state index in [0.717, 1.165) is 0 Å². The zero-order chi connectivity index (χ0) is 13.6. The zero-order valence-corrected chi connectivity index (χ0v) is 10.4. The summed E-state index contributed by atoms with van der Waals surface area (Å²) in [7, 11) is 0. The fourth-order valence-corrected chi connectivity index (χ4v) is 2.14. The van der Waals surface area contributed by atoms with Gasteiger partial charge < -0.3 is 4.98 Å². The van der Waals surface area contributed by atoms with Gasteiger partial charge in [-0.1, -0.05) is 6.07 Å². The molecule has 2 aromatic heterocycles. The lowest BCUT2D eigenvalue weighted by atomic mass is 10.3. The summed E-state index contributed by atoms with van der Waals surface area (Å²) >= 11 is 0. The second-order valence-electron chi connectivity index (χ2n) is 4.30. The van der Waals surface area contributed by atoms with Crippen LogP contribution >= 0.6 is 0 Å². The Balaban J connectivity index is 2.42. The van der Waals surface area contributed by atoms with Gasteiger partial charge in [0.25, 0.3) is 5.56 Å². The van der Waals surface area contributed by atoms with E-state index < -0.39 is 0 Å². The van der Waals surface area contributed by atoms with E-state index in [4.69, 9.17) is 0 Å². The first-order chi connectivity index (χ1) is 9.06. The van der Waals surface area contributed by atoms with E-state index in [1.54, 1.807) is 30.5 Å². The largest absolute Gasteiger partial charge is 0.309 e. The molecule has 0 fully saturated rings. The van der Waals surface area contributed by atoms with E-state index in [9.17, 15) is 9.18 Å². The predicted molar refractivity (Wildman–Crippen MR) is 68.9 cm³/mol. The molecular weight excluding hydrogens is 247 g/mol. The van der Waals surface area contributed by atoms with Crippen LogP contribution in [-0.4, -0.2) is 19.5 Å². The Kier molecular flexibility index (Phi) is 2.45. The number of nitrogens with one attached hydrogen (secondary N) is 1. The fraction of sp³-hybridized carbons (Fsp3) is 0.154. The molecule has 0 radical (unpaired) electrons. The minimum absolute atomic E-state index is 0.285. The molecule has 5 nitrogen and oxygen atoms in total. The van der Waals surface area contributed by atoms with Crippen LogP contribution in [0.4, 0.5) is 4.39 Å². The van der Waals surface area contributed by atoms with Gasteiger partial charge in [0, 0.05) is 0 Å². The van der Waals surface area contributed by atoms with Crippen molar-refractivity contribution >= 4 is 11.2 Å². The van der Waals surface area contributed by atoms with Crippen LogP contribution in [0.15, 0.2) is 29.1 Å². The summed E-state index contributed by atoms with van der Waals surface area (Å²) in [5.41, 5.74) is 0.959. The molecule has 3 rings (SSSR count). The molecule has 2 heterocycles. The molecule has 0 spiro atoms. The highest BCUT2D eigenvalue weighted by Crippen LogP contribution is 2.17. The number of hydrogen-bond donors (Lipinski definition) is 1. The van der Waals surface area contributed by atoms with Crippen LogP contribution in [-0.2, 0) is 0 Å². The molecule has 0 aliphatic heterocycles. The summed E-state index contributed by atoms with van der Waals surface area (Å²) in [5, 5.41) is 0. The van der Waals surface area contributed by atoms with Crippen molar-refractivity contribution in [3.05, 3.63) is 52.1 Å². The molecule has 0 amide bonds. The van der Waals surface area contributed by atoms with Crippen molar-refractivity contribution in [3.63, 3.8) is 0 Å². The van der Waals surface area contributed by atoms with Crippen LogP contribution in [0.25, 0.3) is 16.9 Å². The molecule has 1 aromatic carbocycles. The van der Waals surface area contributed by atoms with Gasteiger partial charge in [0.15, 0.2) is 11.2 Å². The normalized spacial score (nSPS) is 11.1. The van der Waals surface area contributed by atoms with E-state index in [0.29, 0.717) is 28.5 Å². The quantitative estimate of drug-likeness (QED) is 0.724. The lowest BCUT2D eigenvalue weighted by Crippen LogP contribution is -2.13. The maximum absolute atomic E-state index is 13.3. The summed E-state index contributed by atoms with van der Waals surface area (Å²) in [4.78, 5) is 23.1. The standard InChI is InChI=1S/C13H11FN4O/c1-7-15-12-11(13(19)16-7)18(8(2)17-12)10-5-3-4-9(14)6-10/h3-6H,1-2H3,(H,15,16,19). The molecule has 0 atom stereocenters. The van der Waals surface area contributed by atoms with Gasteiger partial charge in [-0.05, 0) is 32.0 Å². The molecule has 96 valence electrons. The minimum atomic E-state index is -0.366. The first-order valence-corrected chi connectivity index (χ1v) is 5.78. The van der Waals surface area contributed by atoms with E-state index in [-0.39, 0.29) is 11.4 Å². The van der Waals surface area contributed by atoms with Gasteiger partial charge in [0.1, 0.15) is 17.5 Å². The second-order valence-corrected chi connectivity index (χ2v) is 4.30. The number of aromatic nitrogens is 4. The van der Waals surface area contributed by atoms with E-state index in [1.807, 2.05) is 0 Å². The summed E-state index contributed by atoms with van der Waals surface area (Å²) in [6.07, 6.45) is 0. The number of H-pyrrole nitrogens is 1. The van der Waals surface area contributed by atoms with Gasteiger partial charge in [-0.25, -0.2) is 14.4 Å². The molecule has 0 saturated carbocycles. The van der Waals surface area contributed by atoms with Crippen molar-refractivity contribution in [2.45, 2.75) is 13.8 Å². The minimum Gasteiger partial charge on any atom is -0.309 e. The van der Waals surface area contributed by atoms with Gasteiger partial charge in [-0.15, -0.1) is 0 Å². The van der Waals surface area contributed by atoms with Gasteiger partial charge in [0.2, 0.25) is 0 Å². The van der Waals surface area contributed by atoms with Crippen molar-refractivity contribution in [2.24, 2.45) is 0 Å². The Labute approximate surface area is 107 Å². The first-order valence-electron chi connectivity index (χ1n) is 5.78. The highest BCUT2D eigenvalue weighted by Gasteiger charge is 2.14. The molecule has 1 N–H and O–H groups in total. The average molecular weight is 258 g/mol. The molecule has 0 aliphatic carbocycles. The fourth-order valence-electron chi connectivity index (χ4n) is 2.14. The number of fused-ring (bicyclic) bond motifs is 1. The molecule has 19 heavy (non-hydrogen) atoms. The molecular formula is C13H11FN4O. The second kappa shape index (κ2) is 4.01. The van der Waals surface area contributed by atoms with E-state index >= 15 is 0 Å². The Bertz CT molecular complexity index is 834. The van der Waals surface area contributed by atoms with Gasteiger partial charge in [0.05, 0.1) is 5.69 Å². The van der Waals surface area contributed by atoms with Crippen molar-refractivity contribution in [2.75, 3.05) is 0 Å². The summed E-state index contributed by atoms with van der Waals surface area (Å²) in [6.45, 7) is 3.44. The van der Waals surface area contributed by atoms with Crippen LogP contribution in [0.1, 0.15) is 11.6 Å². The summed E-state index contributed by atoms with van der Waals surface area (Å²) in [5.74, 6) is 0.723. The predicted octanol–water partition coefficient (Wildman–Crippen LogP) is 1.86. The SMILES string of the molecule is Cc1nc2nc(C)n(-c3cccc(F)c3)c2c(=O)[nH]1. The van der Waals surface area contributed by atoms with Crippen molar-refractivity contribution in [1.29, 1.82) is 0 Å². The van der Waals surface area contributed by atoms with Crippen molar-refractivity contribution in [1.82, 2.24) is 19.5 Å². The Hall–Kier alpha value is -2.50. The molecule has 0 saturated heterocycles. The Morgan fingerprint density at radius 3 is 2.79 bits per heavy atom. The molecule has 3 aromatic rings. The topological polar surface area (TPSA) is 63.6 Å². The number of aromatic amines is 1. The summed E-state index contributed by atoms with van der Waals surface area (Å²) < 4.78 is 14.9. The van der Waals surface area contributed by atoms with E-state index in [1.165, 1.54) is 12.1 Å². The smallest absolute Gasteiger partial charge is 0.277 e. The van der Waals surface area contributed by atoms with Gasteiger partial charge in [-0.2, -0.15) is 0 Å². The number of aryl methyl sites for hydroxylation is 2. The molecule has 0 bridgehead atoms. The third kappa shape index (κ3) is 1.81. The maximum atomic E-state index is 13.3. The maximum Gasteiger partial charge on any atom is 0.277 e. The first kappa shape index (κ1) is 11.6. The molecule has 6 heteroatoms. The Morgan fingerprint density at radius 2 is 2.05 bits per heavy atom. The highest BCUT2D eigenvalue weighted by atomic mass is 19.1. The third-order valence-electron chi connectivity index (χ3n) is 2.88. The summed E-state index contributed by atoms with van der Waals surface area (Å²) in [6, 6.07) is 6.01. The number of nitrogens with zero attached hydrogens (tertiary/aromatic N) is 3. The van der Waals surface area contributed by atoms with Crippen LogP contribution in [0.3, 0.4) is 0 Å². The van der Waals surface area contributed by atoms with Crippen molar-refractivity contribution in [3.8, 4) is 5.69 Å². The van der Waals surface area contributed by atoms with Crippen LogP contribution in [0, 0.1) is 19.7 Å².